The van der Waals surface area contributed by atoms with Crippen LogP contribution in [0.4, 0.5) is 0 Å². The number of rotatable bonds is 10. The molecule has 0 bridgehead atoms. The van der Waals surface area contributed by atoms with E-state index in [9.17, 15) is 4.57 Å². The van der Waals surface area contributed by atoms with Gasteiger partial charge < -0.3 is 24.8 Å². The van der Waals surface area contributed by atoms with Gasteiger partial charge in [-0.1, -0.05) is 30.9 Å². The zero-order valence-corrected chi connectivity index (χ0v) is 21.1. The second kappa shape index (κ2) is 14.0. The van der Waals surface area contributed by atoms with Gasteiger partial charge in [-0.2, -0.15) is 0 Å². The van der Waals surface area contributed by atoms with Crippen molar-refractivity contribution in [2.75, 3.05) is 12.8 Å². The number of nitrogens with two attached hydrogens (primary N) is 1. The molecule has 0 saturated carbocycles. The highest BCUT2D eigenvalue weighted by Crippen LogP contribution is 2.36. The summed E-state index contributed by atoms with van der Waals surface area (Å²) in [6, 6.07) is 5.77. The lowest BCUT2D eigenvalue weighted by Crippen LogP contribution is -2.01. The molecule has 32 heavy (non-hydrogen) atoms. The molecule has 0 aliphatic heterocycles. The van der Waals surface area contributed by atoms with Gasteiger partial charge in [0.2, 0.25) is 0 Å². The van der Waals surface area contributed by atoms with Crippen molar-refractivity contribution >= 4 is 34.4 Å². The smallest absolute Gasteiger partial charge is 0.325 e. The van der Waals surface area contributed by atoms with Crippen molar-refractivity contribution in [2.24, 2.45) is 5.73 Å². The van der Waals surface area contributed by atoms with E-state index in [0.717, 1.165) is 34.0 Å². The van der Waals surface area contributed by atoms with E-state index in [0.29, 0.717) is 24.3 Å². The Bertz CT molecular complexity index is 1040. The lowest BCUT2D eigenvalue weighted by atomic mass is 10.1. The summed E-state index contributed by atoms with van der Waals surface area (Å²) in [4.78, 5) is 17.8. The van der Waals surface area contributed by atoms with Crippen LogP contribution >= 0.6 is 23.5 Å². The van der Waals surface area contributed by atoms with Crippen molar-refractivity contribution in [1.29, 1.82) is 0 Å². The largest absolute Gasteiger partial charge is 0.494 e. The van der Waals surface area contributed by atoms with Crippen molar-refractivity contribution in [1.82, 2.24) is 4.57 Å². The summed E-state index contributed by atoms with van der Waals surface area (Å²) in [5.41, 5.74) is 8.49. The molecule has 4 N–H and O–H groups in total. The Morgan fingerprint density at radius 1 is 1.34 bits per heavy atom. The zero-order valence-electron chi connectivity index (χ0n) is 18.6. The summed E-state index contributed by atoms with van der Waals surface area (Å²) in [6.45, 7) is 8.71. The number of hydrogen-bond acceptors (Lipinski definition) is 3. The Kier molecular flexibility index (Phi) is 12.2. The molecule has 1 heterocycles. The van der Waals surface area contributed by atoms with Crippen LogP contribution in [0.3, 0.4) is 0 Å². The number of hydrogen-bond donors (Lipinski definition) is 3. The fraction of sp³-hybridized carbons (Fsp3) is 0.333. The first-order valence-electron chi connectivity index (χ1n) is 10.2. The van der Waals surface area contributed by atoms with Crippen LogP contribution in [-0.2, 0) is 17.5 Å². The molecule has 2 aromatic rings. The molecule has 0 radical (unpaired) electrons. The first-order chi connectivity index (χ1) is 15.1. The van der Waals surface area contributed by atoms with Crippen molar-refractivity contribution in [3.05, 3.63) is 64.9 Å². The number of ether oxygens (including phenoxy) is 1. The molecule has 1 aromatic heterocycles. The van der Waals surface area contributed by atoms with Gasteiger partial charge in [-0.3, -0.25) is 4.57 Å². The second-order valence-corrected chi connectivity index (χ2v) is 9.56. The third kappa shape index (κ3) is 9.50. The van der Waals surface area contributed by atoms with E-state index in [1.807, 2.05) is 50.3 Å². The molecule has 0 aliphatic rings. The van der Waals surface area contributed by atoms with E-state index in [1.54, 1.807) is 0 Å². The predicted octanol–water partition coefficient (Wildman–Crippen LogP) is 5.53. The summed E-state index contributed by atoms with van der Waals surface area (Å²) >= 11 is 3.67. The summed E-state index contributed by atoms with van der Waals surface area (Å²) in [7, 11) is -3.98. The van der Waals surface area contributed by atoms with Crippen molar-refractivity contribution in [3.8, 4) is 18.1 Å². The van der Waals surface area contributed by atoms with Gasteiger partial charge >= 0.3 is 7.60 Å². The normalized spacial score (nSPS) is 11.5. The summed E-state index contributed by atoms with van der Waals surface area (Å²) in [5, 5.41) is 1.01. The molecule has 0 spiro atoms. The molecule has 2 rings (SSSR count). The minimum Gasteiger partial charge on any atom is -0.494 e. The van der Waals surface area contributed by atoms with Crippen LogP contribution < -0.4 is 10.5 Å². The van der Waals surface area contributed by atoms with Gasteiger partial charge in [0.1, 0.15) is 5.75 Å². The van der Waals surface area contributed by atoms with Crippen LogP contribution in [0.1, 0.15) is 32.3 Å². The van der Waals surface area contributed by atoms with Gasteiger partial charge in [-0.15, -0.1) is 12.3 Å². The Hall–Kier alpha value is -2.23. The molecular formula is C24H32BrN2O4P. The summed E-state index contributed by atoms with van der Waals surface area (Å²) in [5.74, 6) is 3.14. The predicted molar refractivity (Wildman–Crippen MR) is 137 cm³/mol. The third-order valence-electron chi connectivity index (χ3n) is 4.33. The average Bonchev–Trinajstić information content (AvgIpc) is 2.98. The maximum atomic E-state index is 10.9. The highest BCUT2D eigenvalue weighted by atomic mass is 79.9. The van der Waals surface area contributed by atoms with Crippen LogP contribution in [0.15, 0.2) is 59.4 Å². The second-order valence-electron chi connectivity index (χ2n) is 7.03. The fourth-order valence-corrected chi connectivity index (χ4v) is 4.12. The van der Waals surface area contributed by atoms with Crippen LogP contribution in [0.25, 0.3) is 10.9 Å². The summed E-state index contributed by atoms with van der Waals surface area (Å²) < 4.78 is 19.7. The van der Waals surface area contributed by atoms with Gasteiger partial charge in [0.05, 0.1) is 17.4 Å². The average molecular weight is 523 g/mol. The van der Waals surface area contributed by atoms with E-state index >= 15 is 0 Å². The molecular weight excluding hydrogens is 491 g/mol. The maximum absolute atomic E-state index is 10.9. The van der Waals surface area contributed by atoms with Crippen molar-refractivity contribution in [2.45, 2.75) is 39.7 Å². The van der Waals surface area contributed by atoms with Gasteiger partial charge in [-0.05, 0) is 60.0 Å². The highest BCUT2D eigenvalue weighted by molar-refractivity contribution is 9.10. The molecule has 1 aromatic carbocycles. The Morgan fingerprint density at radius 2 is 2.03 bits per heavy atom. The van der Waals surface area contributed by atoms with Gasteiger partial charge in [0.25, 0.3) is 0 Å². The Labute approximate surface area is 199 Å². The lowest BCUT2D eigenvalue weighted by Gasteiger charge is -2.08. The van der Waals surface area contributed by atoms with Crippen LogP contribution in [0, 0.1) is 12.3 Å². The third-order valence-corrected chi connectivity index (χ3v) is 6.14. The maximum Gasteiger partial charge on any atom is 0.325 e. The summed E-state index contributed by atoms with van der Waals surface area (Å²) in [6.07, 6.45) is 14.3. The van der Waals surface area contributed by atoms with E-state index in [-0.39, 0.29) is 12.8 Å². The topological polar surface area (TPSA) is 97.7 Å². The molecule has 0 unspecified atom stereocenters. The number of allylic oxidation sites excluding steroid dienone is 5. The molecule has 0 saturated heterocycles. The zero-order chi connectivity index (χ0) is 24.1. The van der Waals surface area contributed by atoms with E-state index < -0.39 is 7.60 Å². The van der Waals surface area contributed by atoms with Crippen LogP contribution in [0.2, 0.25) is 0 Å². The Balaban J connectivity index is 0.000000751. The monoisotopic (exact) mass is 522 g/mol. The number of aromatic nitrogens is 1. The quantitative estimate of drug-likeness (QED) is 0.165. The first kappa shape index (κ1) is 27.8. The molecule has 0 atom stereocenters. The van der Waals surface area contributed by atoms with E-state index in [1.165, 1.54) is 0 Å². The molecule has 0 fully saturated rings. The fourth-order valence-electron chi connectivity index (χ4n) is 2.89. The van der Waals surface area contributed by atoms with Gasteiger partial charge in [0, 0.05) is 36.0 Å². The van der Waals surface area contributed by atoms with Crippen molar-refractivity contribution < 1.29 is 19.1 Å². The van der Waals surface area contributed by atoms with Gasteiger partial charge in [-0.25, -0.2) is 0 Å². The van der Waals surface area contributed by atoms with Crippen molar-refractivity contribution in [3.63, 3.8) is 0 Å². The van der Waals surface area contributed by atoms with Crippen LogP contribution in [-0.4, -0.2) is 27.1 Å². The molecule has 8 heteroatoms. The number of fused-ring (bicyclic) bond motifs is 1. The molecule has 0 aliphatic carbocycles. The lowest BCUT2D eigenvalue weighted by molar-refractivity contribution is 0.309. The van der Waals surface area contributed by atoms with E-state index in [4.69, 9.17) is 26.7 Å². The SMILES string of the molecule is C#CC/C=C\C.C=C(N)Cc1c(Br)n(C/C=C/C)c2ccc(OCCCP(=O)(O)O)cc12. The van der Waals surface area contributed by atoms with Crippen LogP contribution in [0.5, 0.6) is 5.75 Å². The molecule has 174 valence electrons. The minimum atomic E-state index is -3.98. The Morgan fingerprint density at radius 3 is 2.56 bits per heavy atom. The van der Waals surface area contributed by atoms with E-state index in [2.05, 4.69) is 39.1 Å². The standard InChI is InChI=1S/C18H24BrN2O4P.C6H8/c1-3-4-8-21-17-7-6-14(25-9-5-10-26(22,23)24)12-15(17)16(18(21)19)11-13(2)20;1-3-5-6-4-2/h3-4,6-7,12H,2,5,8-11,20H2,1H3,(H2,22,23,24);1,4,6H,5H2,2H3/b4-3+;6-4-. The number of terminal acetylenes is 1. The molecule has 0 amide bonds. The number of halogens is 1. The number of benzene rings is 1. The first-order valence-corrected chi connectivity index (χ1v) is 12.8. The highest BCUT2D eigenvalue weighted by Gasteiger charge is 2.16. The number of nitrogens with zero attached hydrogens (tertiary/aromatic N) is 1. The van der Waals surface area contributed by atoms with Gasteiger partial charge in [0.15, 0.2) is 0 Å². The minimum absolute atomic E-state index is 0.182. The molecule has 6 nitrogen and oxygen atoms in total.